The van der Waals surface area contributed by atoms with Crippen molar-refractivity contribution in [1.29, 1.82) is 0 Å². The largest absolute Gasteiger partial charge is 0.495 e. The number of benzene rings is 1. The Morgan fingerprint density at radius 1 is 1.29 bits per heavy atom. The molecule has 0 aliphatic carbocycles. The second-order valence-electron chi connectivity index (χ2n) is 4.67. The number of carbonyl (C=O) groups is 1. The molecule has 0 aromatic heterocycles. The molecule has 0 atom stereocenters. The number of carbonyl (C=O) groups excluding carboxylic acids is 1. The first-order chi connectivity index (χ1) is 8.28. The molecule has 2 N–H and O–H groups in total. The number of hydrogen-bond donors (Lipinski definition) is 2. The van der Waals surface area contributed by atoms with Crippen molar-refractivity contribution in [3.63, 3.8) is 0 Å². The number of ether oxygens (including phenoxy) is 1. The highest BCUT2D eigenvalue weighted by molar-refractivity contribution is 6.07. The van der Waals surface area contributed by atoms with Gasteiger partial charge in [-0.1, -0.05) is 12.1 Å². The van der Waals surface area contributed by atoms with Gasteiger partial charge in [-0.15, -0.1) is 0 Å². The SMILES string of the molecule is COc1cccc2c1NC(=O)C21CCNCC1. The molecule has 0 unspecified atom stereocenters. The molecule has 1 fully saturated rings. The maximum atomic E-state index is 12.3. The summed E-state index contributed by atoms with van der Waals surface area (Å²) in [4.78, 5) is 12.3. The van der Waals surface area contributed by atoms with Crippen LogP contribution in [0.1, 0.15) is 18.4 Å². The van der Waals surface area contributed by atoms with E-state index in [4.69, 9.17) is 4.74 Å². The second kappa shape index (κ2) is 3.74. The summed E-state index contributed by atoms with van der Waals surface area (Å²) in [6.07, 6.45) is 1.72. The Balaban J connectivity index is 2.13. The number of anilines is 1. The lowest BCUT2D eigenvalue weighted by Gasteiger charge is -2.31. The number of fused-ring (bicyclic) bond motifs is 2. The van der Waals surface area contributed by atoms with Gasteiger partial charge in [-0.05, 0) is 37.6 Å². The molecule has 1 aromatic rings. The van der Waals surface area contributed by atoms with Gasteiger partial charge in [-0.3, -0.25) is 4.79 Å². The van der Waals surface area contributed by atoms with E-state index in [1.165, 1.54) is 0 Å². The molecule has 2 aliphatic rings. The molecule has 4 nitrogen and oxygen atoms in total. The van der Waals surface area contributed by atoms with Crippen molar-refractivity contribution in [2.75, 3.05) is 25.5 Å². The Kier molecular flexibility index (Phi) is 2.33. The summed E-state index contributed by atoms with van der Waals surface area (Å²) in [5, 5.41) is 6.29. The molecule has 4 heteroatoms. The first-order valence-electron chi connectivity index (χ1n) is 5.97. The summed E-state index contributed by atoms with van der Waals surface area (Å²) in [6.45, 7) is 1.79. The zero-order valence-electron chi connectivity index (χ0n) is 9.88. The summed E-state index contributed by atoms with van der Waals surface area (Å²) in [5.74, 6) is 0.879. The molecule has 0 bridgehead atoms. The summed E-state index contributed by atoms with van der Waals surface area (Å²) >= 11 is 0. The van der Waals surface area contributed by atoms with Crippen LogP contribution in [0.2, 0.25) is 0 Å². The molecule has 1 aromatic carbocycles. The molecule has 0 radical (unpaired) electrons. The lowest BCUT2D eigenvalue weighted by Crippen LogP contribution is -2.44. The maximum absolute atomic E-state index is 12.3. The quantitative estimate of drug-likeness (QED) is 0.766. The molecule has 2 aliphatic heterocycles. The lowest BCUT2D eigenvalue weighted by atomic mass is 9.74. The zero-order chi connectivity index (χ0) is 11.9. The Labute approximate surface area is 100 Å². The van der Waals surface area contributed by atoms with E-state index >= 15 is 0 Å². The van der Waals surface area contributed by atoms with Gasteiger partial charge >= 0.3 is 0 Å². The van der Waals surface area contributed by atoms with E-state index in [9.17, 15) is 4.79 Å². The molecule has 17 heavy (non-hydrogen) atoms. The van der Waals surface area contributed by atoms with Gasteiger partial charge in [0, 0.05) is 0 Å². The molecular weight excluding hydrogens is 216 g/mol. The van der Waals surface area contributed by atoms with Crippen LogP contribution in [-0.2, 0) is 10.2 Å². The van der Waals surface area contributed by atoms with Crippen LogP contribution in [0, 0.1) is 0 Å². The topological polar surface area (TPSA) is 50.4 Å². The molecule has 3 rings (SSSR count). The number of nitrogens with one attached hydrogen (secondary N) is 2. The van der Waals surface area contributed by atoms with Gasteiger partial charge in [0.15, 0.2) is 0 Å². The lowest BCUT2D eigenvalue weighted by molar-refractivity contribution is -0.121. The van der Waals surface area contributed by atoms with Gasteiger partial charge in [0.25, 0.3) is 0 Å². The normalized spacial score (nSPS) is 21.1. The summed E-state index contributed by atoms with van der Waals surface area (Å²) in [5.41, 5.74) is 1.63. The minimum atomic E-state index is -0.338. The number of para-hydroxylation sites is 1. The van der Waals surface area contributed by atoms with Crippen LogP contribution in [0.15, 0.2) is 18.2 Å². The third-order valence-corrected chi connectivity index (χ3v) is 3.89. The van der Waals surface area contributed by atoms with Crippen molar-refractivity contribution in [3.05, 3.63) is 23.8 Å². The predicted octanol–water partition coefficient (Wildman–Crippen LogP) is 1.27. The number of methoxy groups -OCH3 is 1. The molecule has 2 heterocycles. The van der Waals surface area contributed by atoms with Gasteiger partial charge < -0.3 is 15.4 Å². The first kappa shape index (κ1) is 10.6. The van der Waals surface area contributed by atoms with Gasteiger partial charge in [-0.2, -0.15) is 0 Å². The van der Waals surface area contributed by atoms with Crippen LogP contribution in [0.25, 0.3) is 0 Å². The van der Waals surface area contributed by atoms with Crippen molar-refractivity contribution in [2.45, 2.75) is 18.3 Å². The van der Waals surface area contributed by atoms with Crippen LogP contribution < -0.4 is 15.4 Å². The average Bonchev–Trinajstić information content (AvgIpc) is 2.64. The molecule has 1 amide bonds. The summed E-state index contributed by atoms with van der Waals surface area (Å²) < 4.78 is 5.31. The van der Waals surface area contributed by atoms with Crippen molar-refractivity contribution >= 4 is 11.6 Å². The van der Waals surface area contributed by atoms with Crippen LogP contribution in [-0.4, -0.2) is 26.1 Å². The van der Waals surface area contributed by atoms with E-state index in [-0.39, 0.29) is 11.3 Å². The van der Waals surface area contributed by atoms with E-state index < -0.39 is 0 Å². The van der Waals surface area contributed by atoms with Crippen LogP contribution in [0.3, 0.4) is 0 Å². The van der Waals surface area contributed by atoms with E-state index in [1.54, 1.807) is 7.11 Å². The third-order valence-electron chi connectivity index (χ3n) is 3.89. The minimum Gasteiger partial charge on any atom is -0.495 e. The van der Waals surface area contributed by atoms with Crippen molar-refractivity contribution in [2.24, 2.45) is 0 Å². The monoisotopic (exact) mass is 232 g/mol. The van der Waals surface area contributed by atoms with Gasteiger partial charge in [0.2, 0.25) is 5.91 Å². The Morgan fingerprint density at radius 3 is 2.76 bits per heavy atom. The fourth-order valence-corrected chi connectivity index (χ4v) is 2.93. The van der Waals surface area contributed by atoms with Gasteiger partial charge in [0.1, 0.15) is 5.75 Å². The van der Waals surface area contributed by atoms with Crippen molar-refractivity contribution in [3.8, 4) is 5.75 Å². The Hall–Kier alpha value is -1.55. The van der Waals surface area contributed by atoms with Crippen molar-refractivity contribution in [1.82, 2.24) is 5.32 Å². The third kappa shape index (κ3) is 1.37. The highest BCUT2D eigenvalue weighted by Gasteiger charge is 2.47. The van der Waals surface area contributed by atoms with Crippen molar-refractivity contribution < 1.29 is 9.53 Å². The van der Waals surface area contributed by atoms with E-state index in [0.717, 1.165) is 42.9 Å². The number of amides is 1. The molecular formula is C13H16N2O2. The standard InChI is InChI=1S/C13H16N2O2/c1-17-10-4-2-3-9-11(10)15-12(16)13(9)5-7-14-8-6-13/h2-4,14H,5-8H2,1H3,(H,15,16). The number of hydrogen-bond acceptors (Lipinski definition) is 3. The first-order valence-corrected chi connectivity index (χ1v) is 5.97. The fourth-order valence-electron chi connectivity index (χ4n) is 2.93. The van der Waals surface area contributed by atoms with E-state index in [0.29, 0.717) is 0 Å². The maximum Gasteiger partial charge on any atom is 0.235 e. The Bertz CT molecular complexity index is 464. The van der Waals surface area contributed by atoms with E-state index in [2.05, 4.69) is 10.6 Å². The predicted molar refractivity (Wildman–Crippen MR) is 65.4 cm³/mol. The van der Waals surface area contributed by atoms with E-state index in [1.807, 2.05) is 18.2 Å². The average molecular weight is 232 g/mol. The number of piperidine rings is 1. The molecule has 1 spiro atoms. The van der Waals surface area contributed by atoms with Crippen LogP contribution >= 0.6 is 0 Å². The Morgan fingerprint density at radius 2 is 2.06 bits per heavy atom. The van der Waals surface area contributed by atoms with Crippen LogP contribution in [0.4, 0.5) is 5.69 Å². The fraction of sp³-hybridized carbons (Fsp3) is 0.462. The summed E-state index contributed by atoms with van der Waals surface area (Å²) in [7, 11) is 1.63. The second-order valence-corrected chi connectivity index (χ2v) is 4.67. The molecule has 0 saturated carbocycles. The van der Waals surface area contributed by atoms with Gasteiger partial charge in [0.05, 0.1) is 18.2 Å². The highest BCUT2D eigenvalue weighted by Crippen LogP contribution is 2.47. The van der Waals surface area contributed by atoms with Gasteiger partial charge in [-0.25, -0.2) is 0 Å². The zero-order valence-corrected chi connectivity index (χ0v) is 9.88. The highest BCUT2D eigenvalue weighted by atomic mass is 16.5. The number of rotatable bonds is 1. The summed E-state index contributed by atoms with van der Waals surface area (Å²) in [6, 6.07) is 5.89. The minimum absolute atomic E-state index is 0.124. The smallest absolute Gasteiger partial charge is 0.235 e. The molecule has 90 valence electrons. The molecule has 1 saturated heterocycles. The van der Waals surface area contributed by atoms with Crippen LogP contribution in [0.5, 0.6) is 5.75 Å².